The van der Waals surface area contributed by atoms with Crippen molar-refractivity contribution >= 4 is 35.7 Å². The number of hydrogen-bond donors (Lipinski definition) is 1. The Morgan fingerprint density at radius 1 is 0.984 bits per heavy atom. The maximum Gasteiger partial charge on any atom is 0.333 e. The Morgan fingerprint density at radius 2 is 1.72 bits per heavy atom. The lowest BCUT2D eigenvalue weighted by molar-refractivity contribution is -0.224. The van der Waals surface area contributed by atoms with E-state index in [1.807, 2.05) is 58.5 Å². The zero-order valence-corrected chi connectivity index (χ0v) is 38.8. The molecule has 15 nitrogen and oxygen atoms in total. The molecule has 5 aliphatic heterocycles. The summed E-state index contributed by atoms with van der Waals surface area (Å²) in [5.41, 5.74) is 0.0866. The molecular formula is C49H62N6O9. The van der Waals surface area contributed by atoms with Gasteiger partial charge in [-0.25, -0.2) is 9.48 Å². The number of carbonyl (C=O) groups excluding carboxylic acids is 4. The van der Waals surface area contributed by atoms with Crippen molar-refractivity contribution in [3.8, 4) is 17.2 Å². The van der Waals surface area contributed by atoms with Gasteiger partial charge in [0.15, 0.2) is 22.7 Å². The highest BCUT2D eigenvalue weighted by molar-refractivity contribution is 5.98. The fourth-order valence-corrected chi connectivity index (χ4v) is 11.9. The molecule has 8 aliphatic rings. The third kappa shape index (κ3) is 6.73. The number of ether oxygens (including phenoxy) is 5. The van der Waals surface area contributed by atoms with Gasteiger partial charge in [0.25, 0.3) is 0 Å². The standard InChI is InChI=1S/C49H62N6O9/c1-27(2)12-11-17-47(8)18-16-31-40(62-47)30(14-13-28(3)4)42-36(41(31)61-35(57)25-34(56)54-22-20-53(9)21-23-54)38-37-39(55-45(52-38)50-26-51-55)32-24-33-46(6,7)64-48(43(32)58,49(33,37)63-42)19-15-29(5)44(59)60-10/h12-13,15-16,18,26,32-33,37-39H,11,14,17,19-25H2,1-10H3,(H,50,51,52)/b29-15-. The molecule has 0 radical (unpaired) electrons. The van der Waals surface area contributed by atoms with E-state index in [0.29, 0.717) is 79.6 Å². The number of rotatable bonds is 11. The van der Waals surface area contributed by atoms with Gasteiger partial charge >= 0.3 is 11.9 Å². The van der Waals surface area contributed by atoms with Crippen LogP contribution in [0.3, 0.4) is 0 Å². The van der Waals surface area contributed by atoms with E-state index in [1.54, 1.807) is 17.9 Å². The van der Waals surface area contributed by atoms with E-state index in [9.17, 15) is 14.4 Å². The van der Waals surface area contributed by atoms with E-state index in [1.165, 1.54) is 19.0 Å². The first-order chi connectivity index (χ1) is 30.3. The first-order valence-corrected chi connectivity index (χ1v) is 22.7. The molecule has 3 aliphatic carbocycles. The number of anilines is 1. The fraction of sp³-hybridized carbons (Fsp3) is 0.592. The molecule has 6 heterocycles. The van der Waals surface area contributed by atoms with E-state index >= 15 is 4.79 Å². The topological polar surface area (TPSA) is 164 Å². The first-order valence-electron chi connectivity index (χ1n) is 22.7. The normalized spacial score (nSPS) is 31.3. The SMILES string of the molecule is COC(=O)/C(C)=C\CC12OC(C)(C)C3CC(C1=O)C1C4C(Nc5ncnn51)c1c(OC(=O)CC(=O)N5CCN(C)CC5)c5c(c(CC=C(C)C)c1OC432)OC(C)(CCC=C(C)C)C=C5. The monoisotopic (exact) mass is 878 g/mol. The average molecular weight is 879 g/mol. The molecule has 8 atom stereocenters. The number of piperazine rings is 1. The lowest BCUT2D eigenvalue weighted by Crippen LogP contribution is -2.79. The molecule has 2 saturated heterocycles. The number of nitrogens with one attached hydrogen (secondary N) is 1. The van der Waals surface area contributed by atoms with Crippen LogP contribution in [0.5, 0.6) is 17.2 Å². The van der Waals surface area contributed by atoms with Crippen molar-refractivity contribution in [1.29, 1.82) is 0 Å². The minimum atomic E-state index is -1.54. The number of esters is 2. The molecule has 15 heteroatoms. The lowest BCUT2D eigenvalue weighted by Gasteiger charge is -2.66. The summed E-state index contributed by atoms with van der Waals surface area (Å²) >= 11 is 0. The summed E-state index contributed by atoms with van der Waals surface area (Å²) in [6.07, 6.45) is 13.5. The molecule has 1 amide bonds. The van der Waals surface area contributed by atoms with Gasteiger partial charge in [-0.15, -0.1) is 0 Å². The van der Waals surface area contributed by atoms with Gasteiger partial charge in [0.2, 0.25) is 11.9 Å². The van der Waals surface area contributed by atoms with Gasteiger partial charge in [-0.3, -0.25) is 14.4 Å². The van der Waals surface area contributed by atoms with Gasteiger partial charge in [-0.1, -0.05) is 29.4 Å². The van der Waals surface area contributed by atoms with Crippen molar-refractivity contribution in [2.45, 2.75) is 128 Å². The van der Waals surface area contributed by atoms with Crippen LogP contribution in [0.15, 0.2) is 47.4 Å². The summed E-state index contributed by atoms with van der Waals surface area (Å²) in [6, 6.07) is -1.14. The molecule has 342 valence electrons. The predicted octanol–water partition coefficient (Wildman–Crippen LogP) is 6.50. The molecule has 8 unspecified atom stereocenters. The minimum Gasteiger partial charge on any atom is -0.482 e. The quantitative estimate of drug-likeness (QED) is 0.0857. The number of benzene rings is 1. The summed E-state index contributed by atoms with van der Waals surface area (Å²) in [7, 11) is 3.35. The fourth-order valence-electron chi connectivity index (χ4n) is 11.9. The van der Waals surface area contributed by atoms with Crippen molar-refractivity contribution in [3.63, 3.8) is 0 Å². The molecule has 5 fully saturated rings. The Morgan fingerprint density at radius 3 is 2.42 bits per heavy atom. The van der Waals surface area contributed by atoms with E-state index in [-0.39, 0.29) is 29.8 Å². The number of amides is 1. The number of ketones is 1. The molecule has 10 rings (SSSR count). The van der Waals surface area contributed by atoms with Crippen LogP contribution in [-0.2, 0) is 35.1 Å². The zero-order chi connectivity index (χ0) is 45.7. The Kier molecular flexibility index (Phi) is 10.8. The second-order valence-corrected chi connectivity index (χ2v) is 20.1. The summed E-state index contributed by atoms with van der Waals surface area (Å²) in [5.74, 6) is -1.30. The van der Waals surface area contributed by atoms with Crippen molar-refractivity contribution in [1.82, 2.24) is 24.6 Å². The van der Waals surface area contributed by atoms with Gasteiger partial charge in [0.05, 0.1) is 41.8 Å². The van der Waals surface area contributed by atoms with Crippen molar-refractivity contribution in [2.75, 3.05) is 45.7 Å². The molecule has 4 bridgehead atoms. The van der Waals surface area contributed by atoms with Crippen LogP contribution in [0, 0.1) is 17.8 Å². The number of nitrogens with zero attached hydrogens (tertiary/aromatic N) is 5. The Hall–Kier alpha value is -5.28. The van der Waals surface area contributed by atoms with E-state index in [4.69, 9.17) is 28.8 Å². The van der Waals surface area contributed by atoms with Crippen LogP contribution in [0.1, 0.15) is 116 Å². The first kappa shape index (κ1) is 43.9. The second-order valence-electron chi connectivity index (χ2n) is 20.1. The Labute approximate surface area is 375 Å². The third-order valence-electron chi connectivity index (χ3n) is 14.9. The highest BCUT2D eigenvalue weighted by Crippen LogP contribution is 2.75. The van der Waals surface area contributed by atoms with E-state index in [0.717, 1.165) is 17.6 Å². The van der Waals surface area contributed by atoms with Crippen LogP contribution in [-0.4, -0.2) is 111 Å². The number of Topliss-reactive ketones (excluding diaryl/α,β-unsaturated/α-hetero) is 1. The van der Waals surface area contributed by atoms with Gasteiger partial charge in [-0.2, -0.15) is 10.1 Å². The average Bonchev–Trinajstić information content (AvgIpc) is 3.77. The largest absolute Gasteiger partial charge is 0.482 e. The number of likely N-dealkylation sites (N-methyl/N-ethyl adjacent to an activating group) is 1. The summed E-state index contributed by atoms with van der Waals surface area (Å²) in [5, 5.41) is 8.42. The Balaban J connectivity index is 1.28. The van der Waals surface area contributed by atoms with Crippen molar-refractivity contribution < 1.29 is 42.9 Å². The molecule has 2 aromatic rings. The summed E-state index contributed by atoms with van der Waals surface area (Å²) < 4.78 is 35.7. The van der Waals surface area contributed by atoms with Gasteiger partial charge in [-0.05, 0) is 100 Å². The minimum absolute atomic E-state index is 0.0604. The van der Waals surface area contributed by atoms with Crippen LogP contribution in [0.4, 0.5) is 5.95 Å². The van der Waals surface area contributed by atoms with Crippen LogP contribution < -0.4 is 19.5 Å². The lowest BCUT2D eigenvalue weighted by atomic mass is 9.44. The van der Waals surface area contributed by atoms with Gasteiger partial charge < -0.3 is 38.8 Å². The summed E-state index contributed by atoms with van der Waals surface area (Å²) in [4.78, 5) is 64.9. The molecule has 3 saturated carbocycles. The smallest absolute Gasteiger partial charge is 0.333 e. The number of allylic oxidation sites excluding steroid dienone is 4. The second kappa shape index (κ2) is 15.7. The number of aromatic nitrogens is 3. The molecule has 1 N–H and O–H groups in total. The molecular weight excluding hydrogens is 817 g/mol. The molecule has 1 aromatic carbocycles. The van der Waals surface area contributed by atoms with Crippen LogP contribution >= 0.6 is 0 Å². The highest BCUT2D eigenvalue weighted by atomic mass is 16.6. The maximum absolute atomic E-state index is 15.5. The van der Waals surface area contributed by atoms with Crippen molar-refractivity contribution in [2.24, 2.45) is 17.8 Å². The number of fused-ring (bicyclic) bond motifs is 4. The number of hydrogen-bond acceptors (Lipinski definition) is 13. The summed E-state index contributed by atoms with van der Waals surface area (Å²) in [6.45, 7) is 18.5. The van der Waals surface area contributed by atoms with E-state index < -0.39 is 64.7 Å². The van der Waals surface area contributed by atoms with Gasteiger partial charge in [0, 0.05) is 55.6 Å². The number of methoxy groups -OCH3 is 1. The highest BCUT2D eigenvalue weighted by Gasteiger charge is 2.86. The third-order valence-corrected chi connectivity index (χ3v) is 14.9. The van der Waals surface area contributed by atoms with Crippen LogP contribution in [0.2, 0.25) is 0 Å². The molecule has 1 spiro atoms. The molecule has 1 aromatic heterocycles. The van der Waals surface area contributed by atoms with Crippen molar-refractivity contribution in [3.05, 3.63) is 64.0 Å². The predicted molar refractivity (Wildman–Crippen MR) is 238 cm³/mol. The van der Waals surface area contributed by atoms with Crippen LogP contribution in [0.25, 0.3) is 6.08 Å². The van der Waals surface area contributed by atoms with E-state index in [2.05, 4.69) is 41.2 Å². The van der Waals surface area contributed by atoms with Gasteiger partial charge in [0.1, 0.15) is 29.8 Å². The Bertz CT molecular complexity index is 2430. The number of carbonyl (C=O) groups is 4. The molecule has 64 heavy (non-hydrogen) atoms. The maximum atomic E-state index is 15.5. The zero-order valence-electron chi connectivity index (χ0n) is 38.8.